The summed E-state index contributed by atoms with van der Waals surface area (Å²) in [6.45, 7) is 5.31. The molecule has 1 fully saturated rings. The third kappa shape index (κ3) is 3.94. The van der Waals surface area contributed by atoms with Gasteiger partial charge in [0.15, 0.2) is 0 Å². The van der Waals surface area contributed by atoms with E-state index in [1.165, 1.54) is 29.7 Å². The van der Waals surface area contributed by atoms with Gasteiger partial charge in [-0.2, -0.15) is 5.26 Å². The van der Waals surface area contributed by atoms with Crippen LogP contribution in [-0.4, -0.2) is 30.4 Å². The lowest BCUT2D eigenvalue weighted by Crippen LogP contribution is -2.36. The van der Waals surface area contributed by atoms with E-state index in [1.54, 1.807) is 11.3 Å². The fourth-order valence-electron chi connectivity index (χ4n) is 3.71. The highest BCUT2D eigenvalue weighted by atomic mass is 32.1. The van der Waals surface area contributed by atoms with Gasteiger partial charge in [0.05, 0.1) is 5.56 Å². The van der Waals surface area contributed by atoms with Gasteiger partial charge in [-0.05, 0) is 56.6 Å². The smallest absolute Gasteiger partial charge is 0.226 e. The van der Waals surface area contributed by atoms with Crippen molar-refractivity contribution in [2.75, 3.05) is 25.0 Å². The van der Waals surface area contributed by atoms with E-state index in [9.17, 15) is 10.1 Å². The fraction of sp³-hybridized carbons (Fsp3) is 0.667. The number of likely N-dealkylation sites (tertiary alicyclic amines) is 1. The number of thiophene rings is 1. The number of carbonyl (C=O) groups excluding carboxylic acids is 1. The molecule has 4 nitrogen and oxygen atoms in total. The maximum absolute atomic E-state index is 12.3. The molecule has 1 aliphatic heterocycles. The SMILES string of the molecule is C[C@H]1CCCN(CCC(=O)Nc2sc3c(c2C#N)CCCC3)C1. The summed E-state index contributed by atoms with van der Waals surface area (Å²) < 4.78 is 0. The van der Waals surface area contributed by atoms with Crippen LogP contribution in [0.4, 0.5) is 5.00 Å². The first-order valence-electron chi connectivity index (χ1n) is 8.74. The molecule has 1 aliphatic carbocycles. The van der Waals surface area contributed by atoms with Crippen molar-refractivity contribution in [3.63, 3.8) is 0 Å². The van der Waals surface area contributed by atoms with Gasteiger partial charge < -0.3 is 10.2 Å². The molecule has 0 radical (unpaired) electrons. The number of rotatable bonds is 4. The molecule has 1 aromatic heterocycles. The lowest BCUT2D eigenvalue weighted by Gasteiger charge is -2.30. The van der Waals surface area contributed by atoms with E-state index < -0.39 is 0 Å². The Balaban J connectivity index is 1.58. The minimum Gasteiger partial charge on any atom is -0.317 e. The number of hydrogen-bond donors (Lipinski definition) is 1. The summed E-state index contributed by atoms with van der Waals surface area (Å²) in [6, 6.07) is 2.31. The Kier molecular flexibility index (Phi) is 5.34. The molecule has 0 bridgehead atoms. The highest BCUT2D eigenvalue weighted by molar-refractivity contribution is 7.16. The molecule has 0 aromatic carbocycles. The zero-order valence-electron chi connectivity index (χ0n) is 13.9. The fourth-order valence-corrected chi connectivity index (χ4v) is 4.97. The minimum atomic E-state index is 0.0401. The van der Waals surface area contributed by atoms with Crippen molar-refractivity contribution in [3.8, 4) is 6.07 Å². The Labute approximate surface area is 142 Å². The van der Waals surface area contributed by atoms with Gasteiger partial charge in [-0.25, -0.2) is 0 Å². The molecular formula is C18H25N3OS. The van der Waals surface area contributed by atoms with Crippen molar-refractivity contribution < 1.29 is 4.79 Å². The highest BCUT2D eigenvalue weighted by Crippen LogP contribution is 2.37. The van der Waals surface area contributed by atoms with E-state index in [0.29, 0.717) is 12.0 Å². The number of hydrogen-bond acceptors (Lipinski definition) is 4. The van der Waals surface area contributed by atoms with E-state index in [-0.39, 0.29) is 5.91 Å². The maximum Gasteiger partial charge on any atom is 0.226 e. The van der Waals surface area contributed by atoms with Crippen LogP contribution in [0.5, 0.6) is 0 Å². The monoisotopic (exact) mass is 331 g/mol. The van der Waals surface area contributed by atoms with Crippen molar-refractivity contribution in [1.29, 1.82) is 5.26 Å². The topological polar surface area (TPSA) is 56.1 Å². The number of fused-ring (bicyclic) bond motifs is 1. The molecule has 23 heavy (non-hydrogen) atoms. The van der Waals surface area contributed by atoms with Gasteiger partial charge in [-0.1, -0.05) is 6.92 Å². The predicted molar refractivity (Wildman–Crippen MR) is 93.8 cm³/mol. The summed E-state index contributed by atoms with van der Waals surface area (Å²) in [5.41, 5.74) is 1.90. The quantitative estimate of drug-likeness (QED) is 0.918. The van der Waals surface area contributed by atoms with Gasteiger partial charge in [-0.15, -0.1) is 11.3 Å². The average Bonchev–Trinajstić information content (AvgIpc) is 2.90. The first-order valence-corrected chi connectivity index (χ1v) is 9.56. The summed E-state index contributed by atoms with van der Waals surface area (Å²) in [5.74, 6) is 0.777. The molecule has 124 valence electrons. The Morgan fingerprint density at radius 2 is 2.22 bits per heavy atom. The third-order valence-electron chi connectivity index (χ3n) is 4.93. The van der Waals surface area contributed by atoms with Crippen molar-refractivity contribution >= 4 is 22.2 Å². The van der Waals surface area contributed by atoms with E-state index in [2.05, 4.69) is 23.2 Å². The van der Waals surface area contributed by atoms with Crippen molar-refractivity contribution in [2.45, 2.75) is 51.9 Å². The Morgan fingerprint density at radius 3 is 3.00 bits per heavy atom. The lowest BCUT2D eigenvalue weighted by molar-refractivity contribution is -0.116. The molecule has 0 saturated carbocycles. The zero-order valence-corrected chi connectivity index (χ0v) is 14.7. The first-order chi connectivity index (χ1) is 11.2. The molecule has 1 aromatic rings. The normalized spacial score (nSPS) is 21.5. The van der Waals surface area contributed by atoms with Gasteiger partial charge in [0.1, 0.15) is 11.1 Å². The predicted octanol–water partition coefficient (Wildman–Crippen LogP) is 3.56. The summed E-state index contributed by atoms with van der Waals surface area (Å²) in [4.78, 5) is 16.0. The molecule has 2 aliphatic rings. The van der Waals surface area contributed by atoms with Crippen molar-refractivity contribution in [3.05, 3.63) is 16.0 Å². The molecule has 1 atom stereocenters. The second-order valence-electron chi connectivity index (χ2n) is 6.87. The Bertz CT molecular complexity index is 617. The van der Waals surface area contributed by atoms with Gasteiger partial charge in [0, 0.05) is 24.4 Å². The van der Waals surface area contributed by atoms with Crippen molar-refractivity contribution in [1.82, 2.24) is 4.90 Å². The second kappa shape index (κ2) is 7.46. The number of nitrogens with one attached hydrogen (secondary N) is 1. The molecule has 1 N–H and O–H groups in total. The molecule has 0 unspecified atom stereocenters. The summed E-state index contributed by atoms with van der Waals surface area (Å²) in [6.07, 6.45) is 7.43. The summed E-state index contributed by atoms with van der Waals surface area (Å²) in [7, 11) is 0. The number of aryl methyl sites for hydroxylation is 1. The zero-order chi connectivity index (χ0) is 16.2. The number of nitriles is 1. The molecule has 5 heteroatoms. The van der Waals surface area contributed by atoms with E-state index in [1.807, 2.05) is 0 Å². The van der Waals surface area contributed by atoms with Gasteiger partial charge in [0.2, 0.25) is 5.91 Å². The van der Waals surface area contributed by atoms with Gasteiger partial charge >= 0.3 is 0 Å². The average molecular weight is 331 g/mol. The van der Waals surface area contributed by atoms with Crippen LogP contribution in [0.25, 0.3) is 0 Å². The summed E-state index contributed by atoms with van der Waals surface area (Å²) in [5, 5.41) is 13.2. The number of anilines is 1. The Morgan fingerprint density at radius 1 is 1.39 bits per heavy atom. The summed E-state index contributed by atoms with van der Waals surface area (Å²) >= 11 is 1.61. The molecular weight excluding hydrogens is 306 g/mol. The van der Waals surface area contributed by atoms with Gasteiger partial charge in [0.25, 0.3) is 0 Å². The van der Waals surface area contributed by atoms with Crippen LogP contribution >= 0.6 is 11.3 Å². The van der Waals surface area contributed by atoms with Crippen LogP contribution in [0.3, 0.4) is 0 Å². The minimum absolute atomic E-state index is 0.0401. The highest BCUT2D eigenvalue weighted by Gasteiger charge is 2.22. The van der Waals surface area contributed by atoms with Crippen LogP contribution in [0.1, 0.15) is 55.0 Å². The second-order valence-corrected chi connectivity index (χ2v) is 7.98. The lowest BCUT2D eigenvalue weighted by atomic mass is 9.96. The molecule has 1 amide bonds. The molecule has 3 rings (SSSR count). The van der Waals surface area contributed by atoms with Crippen LogP contribution < -0.4 is 5.32 Å². The van der Waals surface area contributed by atoms with Crippen LogP contribution in [-0.2, 0) is 17.6 Å². The Hall–Kier alpha value is -1.38. The molecule has 1 saturated heterocycles. The van der Waals surface area contributed by atoms with E-state index >= 15 is 0 Å². The number of carbonyl (C=O) groups is 1. The molecule has 0 spiro atoms. The standard InChI is InChI=1S/C18H25N3OS/c1-13-5-4-9-21(12-13)10-8-17(22)20-18-15(11-19)14-6-2-3-7-16(14)23-18/h13H,2-10,12H2,1H3,(H,20,22)/t13-/m0/s1. The van der Waals surface area contributed by atoms with E-state index in [0.717, 1.165) is 49.8 Å². The number of nitrogens with zero attached hydrogens (tertiary/aromatic N) is 2. The largest absolute Gasteiger partial charge is 0.317 e. The van der Waals surface area contributed by atoms with Crippen LogP contribution in [0, 0.1) is 17.2 Å². The molecule has 2 heterocycles. The number of piperidine rings is 1. The van der Waals surface area contributed by atoms with E-state index in [4.69, 9.17) is 0 Å². The number of amides is 1. The maximum atomic E-state index is 12.3. The first kappa shape index (κ1) is 16.5. The van der Waals surface area contributed by atoms with Crippen molar-refractivity contribution in [2.24, 2.45) is 5.92 Å². The van der Waals surface area contributed by atoms with Gasteiger partial charge in [-0.3, -0.25) is 4.79 Å². The van der Waals surface area contributed by atoms with Crippen LogP contribution in [0.15, 0.2) is 0 Å². The third-order valence-corrected chi connectivity index (χ3v) is 6.14. The van der Waals surface area contributed by atoms with Crippen LogP contribution in [0.2, 0.25) is 0 Å².